The second-order valence-electron chi connectivity index (χ2n) is 4.08. The van der Waals surface area contributed by atoms with Crippen LogP contribution in [0.2, 0.25) is 0 Å². The molecule has 0 aliphatic heterocycles. The number of carbonyl (C=O) groups is 4. The molecule has 8 heteroatoms. The third kappa shape index (κ3) is 5.31. The van der Waals surface area contributed by atoms with Gasteiger partial charge in [0.1, 0.15) is 11.8 Å². The lowest BCUT2D eigenvalue weighted by atomic mass is 10.1. The van der Waals surface area contributed by atoms with E-state index in [1.807, 2.05) is 0 Å². The molecule has 0 saturated carbocycles. The summed E-state index contributed by atoms with van der Waals surface area (Å²) in [5.74, 6) is -4.03. The molecular formula is C13H13NO7. The monoisotopic (exact) mass is 295 g/mol. The van der Waals surface area contributed by atoms with Gasteiger partial charge in [-0.2, -0.15) is 0 Å². The fraction of sp³-hybridized carbons (Fsp3) is 0.231. The van der Waals surface area contributed by atoms with E-state index in [0.29, 0.717) is 0 Å². The lowest BCUT2D eigenvalue weighted by Crippen LogP contribution is -2.42. The number of nitrogens with one attached hydrogen (secondary N) is 1. The van der Waals surface area contributed by atoms with Crippen LogP contribution in [0.3, 0.4) is 0 Å². The second-order valence-corrected chi connectivity index (χ2v) is 4.08. The number of hydrogen-bond acceptors (Lipinski definition) is 5. The van der Waals surface area contributed by atoms with Gasteiger partial charge in [-0.25, -0.2) is 4.79 Å². The molecule has 0 spiro atoms. The van der Waals surface area contributed by atoms with Gasteiger partial charge >= 0.3 is 17.9 Å². The van der Waals surface area contributed by atoms with Gasteiger partial charge in [0.25, 0.3) is 5.91 Å². The zero-order valence-electron chi connectivity index (χ0n) is 11.0. The first-order chi connectivity index (χ1) is 9.79. The first-order valence-electron chi connectivity index (χ1n) is 5.83. The van der Waals surface area contributed by atoms with Crippen LogP contribution in [-0.4, -0.2) is 40.1 Å². The van der Waals surface area contributed by atoms with Crippen LogP contribution in [0.5, 0.6) is 5.75 Å². The lowest BCUT2D eigenvalue weighted by molar-refractivity contribution is -0.145. The Morgan fingerprint density at radius 2 is 1.90 bits per heavy atom. The number of ether oxygens (including phenoxy) is 1. The van der Waals surface area contributed by atoms with Crippen molar-refractivity contribution < 1.29 is 34.1 Å². The highest BCUT2D eigenvalue weighted by Crippen LogP contribution is 2.13. The number of rotatable bonds is 6. The fourth-order valence-corrected chi connectivity index (χ4v) is 1.48. The molecular weight excluding hydrogens is 282 g/mol. The summed E-state index contributed by atoms with van der Waals surface area (Å²) in [6.45, 7) is 1.19. The van der Waals surface area contributed by atoms with Crippen LogP contribution in [0.15, 0.2) is 24.3 Å². The Balaban J connectivity index is 2.84. The van der Waals surface area contributed by atoms with Gasteiger partial charge in [-0.3, -0.25) is 14.4 Å². The SMILES string of the molecule is CC(=O)Oc1cccc(C(=O)N[C@H](CC(=O)O)C(=O)O)c1. The molecule has 3 N–H and O–H groups in total. The Morgan fingerprint density at radius 1 is 1.24 bits per heavy atom. The van der Waals surface area contributed by atoms with Crippen LogP contribution in [0, 0.1) is 0 Å². The average Bonchev–Trinajstić information content (AvgIpc) is 2.36. The lowest BCUT2D eigenvalue weighted by Gasteiger charge is -2.12. The maximum absolute atomic E-state index is 11.9. The zero-order chi connectivity index (χ0) is 16.0. The zero-order valence-corrected chi connectivity index (χ0v) is 11.0. The van der Waals surface area contributed by atoms with Gasteiger partial charge in [0.15, 0.2) is 0 Å². The molecule has 1 aromatic carbocycles. The minimum Gasteiger partial charge on any atom is -0.481 e. The molecule has 0 fully saturated rings. The Kier molecular flexibility index (Phi) is 5.41. The molecule has 0 saturated heterocycles. The number of carbonyl (C=O) groups excluding carboxylic acids is 2. The topological polar surface area (TPSA) is 130 Å². The van der Waals surface area contributed by atoms with Crippen molar-refractivity contribution in [3.8, 4) is 5.75 Å². The first kappa shape index (κ1) is 16.2. The minimum absolute atomic E-state index is 0.0467. The van der Waals surface area contributed by atoms with Crippen LogP contribution in [0.25, 0.3) is 0 Å². The summed E-state index contributed by atoms with van der Waals surface area (Å²) in [6, 6.07) is 3.97. The van der Waals surface area contributed by atoms with E-state index in [4.69, 9.17) is 14.9 Å². The van der Waals surface area contributed by atoms with Crippen molar-refractivity contribution in [2.24, 2.45) is 0 Å². The maximum atomic E-state index is 11.9. The maximum Gasteiger partial charge on any atom is 0.326 e. The number of hydrogen-bond donors (Lipinski definition) is 3. The molecule has 0 radical (unpaired) electrons. The molecule has 1 aromatic rings. The van der Waals surface area contributed by atoms with Crippen molar-refractivity contribution in [2.45, 2.75) is 19.4 Å². The average molecular weight is 295 g/mol. The van der Waals surface area contributed by atoms with Crippen molar-refractivity contribution >= 4 is 23.8 Å². The predicted molar refractivity (Wildman–Crippen MR) is 68.9 cm³/mol. The molecule has 0 aromatic heterocycles. The number of benzene rings is 1. The third-order valence-electron chi connectivity index (χ3n) is 2.34. The van der Waals surface area contributed by atoms with E-state index in [0.717, 1.165) is 0 Å². The molecule has 0 bridgehead atoms. The smallest absolute Gasteiger partial charge is 0.326 e. The van der Waals surface area contributed by atoms with E-state index in [1.165, 1.54) is 31.2 Å². The standard InChI is InChI=1S/C13H13NO7/c1-7(15)21-9-4-2-3-8(5-9)12(18)14-10(13(19)20)6-11(16)17/h2-5,10H,6H2,1H3,(H,14,18)(H,16,17)(H,19,20)/t10-/m1/s1. The van der Waals surface area contributed by atoms with Crippen LogP contribution in [0.4, 0.5) is 0 Å². The van der Waals surface area contributed by atoms with E-state index in [9.17, 15) is 19.2 Å². The minimum atomic E-state index is -1.55. The number of carboxylic acids is 2. The van der Waals surface area contributed by atoms with Gasteiger partial charge < -0.3 is 20.3 Å². The second kappa shape index (κ2) is 7.04. The molecule has 1 atom stereocenters. The Labute approximate surface area is 119 Å². The van der Waals surface area contributed by atoms with E-state index < -0.39 is 36.3 Å². The molecule has 1 rings (SSSR count). The molecule has 0 aliphatic rings. The summed E-state index contributed by atoms with van der Waals surface area (Å²) in [6.07, 6.45) is -0.745. The number of aliphatic carboxylic acids is 2. The number of amides is 1. The number of esters is 1. The summed E-state index contributed by atoms with van der Waals surface area (Å²) in [4.78, 5) is 44.1. The van der Waals surface area contributed by atoms with Crippen LogP contribution in [0.1, 0.15) is 23.7 Å². The van der Waals surface area contributed by atoms with E-state index in [-0.39, 0.29) is 11.3 Å². The Morgan fingerprint density at radius 3 is 2.43 bits per heavy atom. The normalized spacial score (nSPS) is 11.3. The molecule has 0 heterocycles. The van der Waals surface area contributed by atoms with E-state index in [2.05, 4.69) is 5.32 Å². The van der Waals surface area contributed by atoms with Gasteiger partial charge in [-0.15, -0.1) is 0 Å². The highest BCUT2D eigenvalue weighted by molar-refractivity contribution is 5.97. The van der Waals surface area contributed by atoms with Crippen molar-refractivity contribution in [3.63, 3.8) is 0 Å². The van der Waals surface area contributed by atoms with E-state index >= 15 is 0 Å². The van der Waals surface area contributed by atoms with Crippen molar-refractivity contribution in [3.05, 3.63) is 29.8 Å². The molecule has 0 aliphatic carbocycles. The van der Waals surface area contributed by atoms with Gasteiger partial charge in [0, 0.05) is 12.5 Å². The van der Waals surface area contributed by atoms with Crippen molar-refractivity contribution in [1.82, 2.24) is 5.32 Å². The summed E-state index contributed by atoms with van der Waals surface area (Å²) >= 11 is 0. The fourth-order valence-electron chi connectivity index (χ4n) is 1.48. The summed E-state index contributed by atoms with van der Waals surface area (Å²) in [7, 11) is 0. The highest BCUT2D eigenvalue weighted by atomic mass is 16.5. The molecule has 8 nitrogen and oxygen atoms in total. The van der Waals surface area contributed by atoms with Gasteiger partial charge in [0.2, 0.25) is 0 Å². The summed E-state index contributed by atoms with van der Waals surface area (Å²) in [5.41, 5.74) is 0.0467. The van der Waals surface area contributed by atoms with Crippen molar-refractivity contribution in [1.29, 1.82) is 0 Å². The van der Waals surface area contributed by atoms with Crippen LogP contribution in [-0.2, 0) is 14.4 Å². The Hall–Kier alpha value is -2.90. The molecule has 1 amide bonds. The van der Waals surface area contributed by atoms with Crippen molar-refractivity contribution in [2.75, 3.05) is 0 Å². The van der Waals surface area contributed by atoms with E-state index in [1.54, 1.807) is 0 Å². The quantitative estimate of drug-likeness (QED) is 0.507. The highest BCUT2D eigenvalue weighted by Gasteiger charge is 2.23. The van der Waals surface area contributed by atoms with Gasteiger partial charge in [-0.05, 0) is 18.2 Å². The largest absolute Gasteiger partial charge is 0.481 e. The summed E-state index contributed by atoms with van der Waals surface area (Å²) < 4.78 is 4.79. The summed E-state index contributed by atoms with van der Waals surface area (Å²) in [5, 5.41) is 19.5. The third-order valence-corrected chi connectivity index (χ3v) is 2.34. The first-order valence-corrected chi connectivity index (χ1v) is 5.83. The van der Waals surface area contributed by atoms with Gasteiger partial charge in [-0.1, -0.05) is 6.07 Å². The van der Waals surface area contributed by atoms with Gasteiger partial charge in [0.05, 0.1) is 6.42 Å². The van der Waals surface area contributed by atoms with Crippen LogP contribution >= 0.6 is 0 Å². The molecule has 0 unspecified atom stereocenters. The number of carboxylic acid groups (broad SMARTS) is 2. The molecule has 21 heavy (non-hydrogen) atoms. The predicted octanol–water partition coefficient (Wildman–Crippen LogP) is 0.270. The Bertz CT molecular complexity index is 582. The molecule has 112 valence electrons. The van der Waals surface area contributed by atoms with Crippen LogP contribution < -0.4 is 10.1 Å².